The van der Waals surface area contributed by atoms with E-state index in [2.05, 4.69) is 20.2 Å². The van der Waals surface area contributed by atoms with Crippen molar-refractivity contribution in [1.82, 2.24) is 14.9 Å². The van der Waals surface area contributed by atoms with Gasteiger partial charge < -0.3 is 20.5 Å². The largest absolute Gasteiger partial charge is 0.381 e. The van der Waals surface area contributed by atoms with Crippen molar-refractivity contribution < 1.29 is 9.47 Å². The maximum Gasteiger partial charge on any atom is 0.222 e. The second-order valence-electron chi connectivity index (χ2n) is 5.83. The highest BCUT2D eigenvalue weighted by Crippen LogP contribution is 2.25. The summed E-state index contributed by atoms with van der Waals surface area (Å²) < 4.78 is 10.8. The normalized spacial score (nSPS) is 22.8. The summed E-state index contributed by atoms with van der Waals surface area (Å²) in [6.45, 7) is 7.27. The number of rotatable bonds is 6. The molecule has 2 aliphatic heterocycles. The molecule has 3 heterocycles. The van der Waals surface area contributed by atoms with E-state index in [1.54, 1.807) is 0 Å². The average molecular weight is 307 g/mol. The third-order valence-corrected chi connectivity index (χ3v) is 4.17. The number of anilines is 2. The molecule has 22 heavy (non-hydrogen) atoms. The SMILES string of the molecule is Nc1nc(NCCCN2CCOCC2)cc(C2CCOC2)n1. The van der Waals surface area contributed by atoms with Crippen molar-refractivity contribution in [2.45, 2.75) is 18.8 Å². The van der Waals surface area contributed by atoms with Crippen LogP contribution in [0.4, 0.5) is 11.8 Å². The van der Waals surface area contributed by atoms with Gasteiger partial charge in [-0.1, -0.05) is 0 Å². The van der Waals surface area contributed by atoms with Crippen molar-refractivity contribution in [1.29, 1.82) is 0 Å². The molecule has 0 saturated carbocycles. The first-order valence-corrected chi connectivity index (χ1v) is 8.07. The van der Waals surface area contributed by atoms with Crippen molar-refractivity contribution in [2.75, 3.05) is 63.7 Å². The Balaban J connectivity index is 1.47. The summed E-state index contributed by atoms with van der Waals surface area (Å²) in [6, 6.07) is 2.00. The van der Waals surface area contributed by atoms with Crippen molar-refractivity contribution in [3.05, 3.63) is 11.8 Å². The maximum atomic E-state index is 5.82. The standard InChI is InChI=1S/C15H25N5O2/c16-15-18-13(12-2-7-22-11-12)10-14(19-15)17-3-1-4-20-5-8-21-9-6-20/h10,12H,1-9,11H2,(H3,16,17,18,19). The molecule has 0 amide bonds. The number of nitrogens with zero attached hydrogens (tertiary/aromatic N) is 3. The van der Waals surface area contributed by atoms with E-state index >= 15 is 0 Å². The fourth-order valence-corrected chi connectivity index (χ4v) is 2.90. The molecule has 1 unspecified atom stereocenters. The van der Waals surface area contributed by atoms with E-state index in [4.69, 9.17) is 15.2 Å². The molecular weight excluding hydrogens is 282 g/mol. The zero-order valence-corrected chi connectivity index (χ0v) is 13.0. The maximum absolute atomic E-state index is 5.82. The monoisotopic (exact) mass is 307 g/mol. The number of nitrogens with one attached hydrogen (secondary N) is 1. The first-order valence-electron chi connectivity index (χ1n) is 8.07. The van der Waals surface area contributed by atoms with Gasteiger partial charge in [-0.3, -0.25) is 4.90 Å². The van der Waals surface area contributed by atoms with E-state index in [1.807, 2.05) is 6.07 Å². The van der Waals surface area contributed by atoms with Gasteiger partial charge in [0.05, 0.1) is 25.5 Å². The van der Waals surface area contributed by atoms with Crippen LogP contribution < -0.4 is 11.1 Å². The van der Waals surface area contributed by atoms with Crippen LogP contribution in [-0.4, -0.2) is 67.5 Å². The number of hydrogen-bond donors (Lipinski definition) is 2. The molecule has 1 aromatic heterocycles. The van der Waals surface area contributed by atoms with Crippen LogP contribution in [-0.2, 0) is 9.47 Å². The molecule has 0 radical (unpaired) electrons. The predicted molar refractivity (Wildman–Crippen MR) is 85.0 cm³/mol. The Morgan fingerprint density at radius 3 is 2.86 bits per heavy atom. The van der Waals surface area contributed by atoms with Gasteiger partial charge in [0.25, 0.3) is 0 Å². The van der Waals surface area contributed by atoms with Crippen molar-refractivity contribution in [3.63, 3.8) is 0 Å². The zero-order valence-electron chi connectivity index (χ0n) is 13.0. The van der Waals surface area contributed by atoms with Crippen LogP contribution in [0.1, 0.15) is 24.5 Å². The van der Waals surface area contributed by atoms with E-state index in [0.717, 1.165) is 77.0 Å². The molecule has 1 aromatic rings. The molecule has 2 fully saturated rings. The van der Waals surface area contributed by atoms with Crippen molar-refractivity contribution >= 4 is 11.8 Å². The molecule has 122 valence electrons. The van der Waals surface area contributed by atoms with Gasteiger partial charge in [-0.05, 0) is 19.4 Å². The highest BCUT2D eigenvalue weighted by molar-refractivity contribution is 5.41. The van der Waals surface area contributed by atoms with Crippen LogP contribution in [0.15, 0.2) is 6.07 Å². The van der Waals surface area contributed by atoms with Crippen LogP contribution in [0.5, 0.6) is 0 Å². The summed E-state index contributed by atoms with van der Waals surface area (Å²) in [4.78, 5) is 11.0. The summed E-state index contributed by atoms with van der Waals surface area (Å²) in [5.74, 6) is 1.50. The second-order valence-corrected chi connectivity index (χ2v) is 5.83. The Kier molecular flexibility index (Phi) is 5.42. The lowest BCUT2D eigenvalue weighted by Crippen LogP contribution is -2.37. The summed E-state index contributed by atoms with van der Waals surface area (Å²) in [6.07, 6.45) is 2.08. The number of ether oxygens (including phenoxy) is 2. The minimum Gasteiger partial charge on any atom is -0.381 e. The van der Waals surface area contributed by atoms with E-state index in [1.165, 1.54) is 0 Å². The second kappa shape index (κ2) is 7.71. The van der Waals surface area contributed by atoms with E-state index in [9.17, 15) is 0 Å². The topological polar surface area (TPSA) is 85.5 Å². The van der Waals surface area contributed by atoms with Crippen molar-refractivity contribution in [3.8, 4) is 0 Å². The Morgan fingerprint density at radius 1 is 1.23 bits per heavy atom. The van der Waals surface area contributed by atoms with Crippen LogP contribution >= 0.6 is 0 Å². The minimum atomic E-state index is 0.333. The Hall–Kier alpha value is -1.44. The molecule has 2 aliphatic rings. The summed E-state index contributed by atoms with van der Waals surface area (Å²) in [7, 11) is 0. The van der Waals surface area contributed by atoms with Crippen LogP contribution in [0.3, 0.4) is 0 Å². The molecule has 2 saturated heterocycles. The number of aromatic nitrogens is 2. The fourth-order valence-electron chi connectivity index (χ4n) is 2.90. The lowest BCUT2D eigenvalue weighted by molar-refractivity contribution is 0.0378. The zero-order chi connectivity index (χ0) is 15.2. The first-order chi connectivity index (χ1) is 10.8. The van der Waals surface area contributed by atoms with Gasteiger partial charge in [-0.25, -0.2) is 4.98 Å². The Morgan fingerprint density at radius 2 is 2.09 bits per heavy atom. The molecule has 0 bridgehead atoms. The first kappa shape index (κ1) is 15.5. The molecule has 0 aliphatic carbocycles. The molecule has 7 nitrogen and oxygen atoms in total. The molecule has 7 heteroatoms. The number of nitrogens with two attached hydrogens (primary N) is 1. The molecule has 3 rings (SSSR count). The Bertz CT molecular complexity index is 473. The molecule has 0 aromatic carbocycles. The van der Waals surface area contributed by atoms with E-state index in [-0.39, 0.29) is 0 Å². The summed E-state index contributed by atoms with van der Waals surface area (Å²) in [5.41, 5.74) is 6.81. The van der Waals surface area contributed by atoms with Gasteiger partial charge in [0.15, 0.2) is 0 Å². The number of nitrogen functional groups attached to an aromatic ring is 1. The van der Waals surface area contributed by atoms with Crippen LogP contribution in [0.2, 0.25) is 0 Å². The lowest BCUT2D eigenvalue weighted by atomic mass is 10.0. The third kappa shape index (κ3) is 4.28. The van der Waals surface area contributed by atoms with Gasteiger partial charge >= 0.3 is 0 Å². The van der Waals surface area contributed by atoms with Crippen molar-refractivity contribution in [2.24, 2.45) is 0 Å². The summed E-state index contributed by atoms with van der Waals surface area (Å²) in [5, 5.41) is 3.36. The quantitative estimate of drug-likeness (QED) is 0.748. The van der Waals surface area contributed by atoms with Crippen LogP contribution in [0.25, 0.3) is 0 Å². The average Bonchev–Trinajstić information content (AvgIpc) is 3.07. The number of hydrogen-bond acceptors (Lipinski definition) is 7. The highest BCUT2D eigenvalue weighted by atomic mass is 16.5. The highest BCUT2D eigenvalue weighted by Gasteiger charge is 2.20. The molecular formula is C15H25N5O2. The van der Waals surface area contributed by atoms with E-state index in [0.29, 0.717) is 11.9 Å². The Labute approximate surface area is 131 Å². The summed E-state index contributed by atoms with van der Waals surface area (Å²) >= 11 is 0. The van der Waals surface area contributed by atoms with Gasteiger partial charge in [0.2, 0.25) is 5.95 Å². The van der Waals surface area contributed by atoms with Gasteiger partial charge in [-0.2, -0.15) is 4.98 Å². The molecule has 1 atom stereocenters. The van der Waals surface area contributed by atoms with Gasteiger partial charge in [0.1, 0.15) is 5.82 Å². The van der Waals surface area contributed by atoms with Crippen LogP contribution in [0, 0.1) is 0 Å². The van der Waals surface area contributed by atoms with Gasteiger partial charge in [0, 0.05) is 38.2 Å². The molecule has 0 spiro atoms. The van der Waals surface area contributed by atoms with E-state index < -0.39 is 0 Å². The number of morpholine rings is 1. The third-order valence-electron chi connectivity index (χ3n) is 4.17. The van der Waals surface area contributed by atoms with Gasteiger partial charge in [-0.15, -0.1) is 0 Å². The molecule has 3 N–H and O–H groups in total. The lowest BCUT2D eigenvalue weighted by Gasteiger charge is -2.26. The smallest absolute Gasteiger partial charge is 0.222 e. The fraction of sp³-hybridized carbons (Fsp3) is 0.733. The predicted octanol–water partition coefficient (Wildman–Crippen LogP) is 0.697. The minimum absolute atomic E-state index is 0.333.